The van der Waals surface area contributed by atoms with Gasteiger partial charge in [-0.25, -0.2) is 4.79 Å². The van der Waals surface area contributed by atoms with Crippen LogP contribution in [-0.4, -0.2) is 32.0 Å². The van der Waals surface area contributed by atoms with Crippen LogP contribution in [0, 0.1) is 11.3 Å². The number of thioether (sulfide) groups is 1. The van der Waals surface area contributed by atoms with E-state index in [1.54, 1.807) is 18.3 Å². The molecular formula is C19H27N5O2S2. The molecule has 0 spiro atoms. The van der Waals surface area contributed by atoms with Gasteiger partial charge in [-0.05, 0) is 49.1 Å². The second-order valence-corrected chi connectivity index (χ2v) is 10.8. The number of hydrogen-bond donors (Lipinski definition) is 2. The Bertz CT molecular complexity index is 897. The van der Waals surface area contributed by atoms with E-state index in [2.05, 4.69) is 42.4 Å². The number of amides is 3. The van der Waals surface area contributed by atoms with Gasteiger partial charge >= 0.3 is 6.03 Å². The second kappa shape index (κ2) is 7.87. The Labute approximate surface area is 173 Å². The Hall–Kier alpha value is -1.87. The first-order valence-electron chi connectivity index (χ1n) is 9.34. The molecule has 2 atom stereocenters. The molecule has 0 bridgehead atoms. The van der Waals surface area contributed by atoms with Gasteiger partial charge < -0.3 is 10.3 Å². The first kappa shape index (κ1) is 20.9. The standard InChI is InChI=1S/C19H27N5O2S2/c1-10(16(25)21-17(20)26)27-18-23-22-15(24(18)5)14-9-11-8-12(19(2,3)4)6-7-13(11)28-14/h9-10,12H,6-8H2,1-5H3,(H3,20,21,25,26)/t10-,12-/m0/s1. The third kappa shape index (κ3) is 4.41. The molecule has 1 aliphatic rings. The monoisotopic (exact) mass is 421 g/mol. The largest absolute Gasteiger partial charge is 0.351 e. The zero-order valence-electron chi connectivity index (χ0n) is 16.9. The number of imide groups is 1. The van der Waals surface area contributed by atoms with Crippen LogP contribution in [-0.2, 0) is 24.7 Å². The maximum absolute atomic E-state index is 11.9. The zero-order chi connectivity index (χ0) is 20.6. The van der Waals surface area contributed by atoms with Crippen molar-refractivity contribution in [2.45, 2.75) is 57.4 Å². The zero-order valence-corrected chi connectivity index (χ0v) is 18.5. The summed E-state index contributed by atoms with van der Waals surface area (Å²) in [4.78, 5) is 25.3. The fraction of sp³-hybridized carbons (Fsp3) is 0.579. The maximum atomic E-state index is 11.9. The lowest BCUT2D eigenvalue weighted by Crippen LogP contribution is -2.39. The van der Waals surface area contributed by atoms with Gasteiger partial charge in [-0.2, -0.15) is 0 Å². The minimum atomic E-state index is -0.853. The average molecular weight is 422 g/mol. The van der Waals surface area contributed by atoms with Crippen LogP contribution in [0.3, 0.4) is 0 Å². The summed E-state index contributed by atoms with van der Waals surface area (Å²) in [7, 11) is 1.90. The third-order valence-electron chi connectivity index (χ3n) is 5.26. The summed E-state index contributed by atoms with van der Waals surface area (Å²) >= 11 is 3.04. The summed E-state index contributed by atoms with van der Waals surface area (Å²) in [5.41, 5.74) is 6.75. The van der Waals surface area contributed by atoms with Gasteiger partial charge in [0.2, 0.25) is 5.91 Å². The van der Waals surface area contributed by atoms with Crippen LogP contribution in [0.15, 0.2) is 11.2 Å². The van der Waals surface area contributed by atoms with Crippen molar-refractivity contribution in [2.75, 3.05) is 0 Å². The van der Waals surface area contributed by atoms with E-state index in [-0.39, 0.29) is 0 Å². The fourth-order valence-electron chi connectivity index (χ4n) is 3.44. The number of aryl methyl sites for hydroxylation is 1. The molecular weight excluding hydrogens is 394 g/mol. The Morgan fingerprint density at radius 3 is 2.75 bits per heavy atom. The quantitative estimate of drug-likeness (QED) is 0.737. The van der Waals surface area contributed by atoms with Crippen LogP contribution in [0.2, 0.25) is 0 Å². The molecule has 2 heterocycles. The second-order valence-electron chi connectivity index (χ2n) is 8.34. The third-order valence-corrected chi connectivity index (χ3v) is 7.63. The predicted molar refractivity (Wildman–Crippen MR) is 112 cm³/mol. The highest BCUT2D eigenvalue weighted by molar-refractivity contribution is 8.00. The molecule has 28 heavy (non-hydrogen) atoms. The highest BCUT2D eigenvalue weighted by atomic mass is 32.2. The van der Waals surface area contributed by atoms with E-state index in [0.29, 0.717) is 16.5 Å². The molecule has 0 fully saturated rings. The molecule has 0 radical (unpaired) electrons. The van der Waals surface area contributed by atoms with E-state index in [9.17, 15) is 9.59 Å². The topological polar surface area (TPSA) is 103 Å². The van der Waals surface area contributed by atoms with Crippen molar-refractivity contribution >= 4 is 35.0 Å². The summed E-state index contributed by atoms with van der Waals surface area (Å²) in [6.07, 6.45) is 3.45. The molecule has 3 N–H and O–H groups in total. The predicted octanol–water partition coefficient (Wildman–Crippen LogP) is 3.37. The van der Waals surface area contributed by atoms with E-state index >= 15 is 0 Å². The molecule has 0 saturated heterocycles. The van der Waals surface area contributed by atoms with Crippen LogP contribution in [0.25, 0.3) is 10.7 Å². The summed E-state index contributed by atoms with van der Waals surface area (Å²) in [6.45, 7) is 8.65. The van der Waals surface area contributed by atoms with E-state index < -0.39 is 17.2 Å². The van der Waals surface area contributed by atoms with Crippen LogP contribution in [0.1, 0.15) is 44.6 Å². The SMILES string of the molecule is C[C@H](Sc1nnc(-c2cc3c(s2)CC[C@H](C(C)(C)C)C3)n1C)C(=O)NC(N)=O. The number of nitrogens with zero attached hydrogens (tertiary/aromatic N) is 3. The molecule has 0 saturated carbocycles. The lowest BCUT2D eigenvalue weighted by atomic mass is 9.72. The fourth-order valence-corrected chi connectivity index (χ4v) is 5.48. The van der Waals surface area contributed by atoms with Gasteiger partial charge in [0.25, 0.3) is 0 Å². The van der Waals surface area contributed by atoms with Crippen molar-refractivity contribution in [3.8, 4) is 10.7 Å². The molecule has 9 heteroatoms. The minimum Gasteiger partial charge on any atom is -0.351 e. The molecule has 2 aromatic heterocycles. The van der Waals surface area contributed by atoms with Crippen LogP contribution in [0.5, 0.6) is 0 Å². The molecule has 3 amide bonds. The Morgan fingerprint density at radius 1 is 1.39 bits per heavy atom. The Balaban J connectivity index is 1.77. The first-order chi connectivity index (χ1) is 13.1. The van der Waals surface area contributed by atoms with Gasteiger partial charge in [-0.1, -0.05) is 32.5 Å². The summed E-state index contributed by atoms with van der Waals surface area (Å²) in [5.74, 6) is 1.05. The average Bonchev–Trinajstić information content (AvgIpc) is 3.16. The maximum Gasteiger partial charge on any atom is 0.318 e. The summed E-state index contributed by atoms with van der Waals surface area (Å²) in [5, 5.41) is 10.8. The number of carbonyl (C=O) groups excluding carboxylic acids is 2. The number of hydrogen-bond acceptors (Lipinski definition) is 6. The minimum absolute atomic E-state index is 0.315. The molecule has 3 rings (SSSR count). The molecule has 1 aliphatic carbocycles. The van der Waals surface area contributed by atoms with Crippen LogP contribution < -0.4 is 11.1 Å². The van der Waals surface area contributed by atoms with Gasteiger partial charge in [0.15, 0.2) is 11.0 Å². The van der Waals surface area contributed by atoms with E-state index in [0.717, 1.165) is 23.5 Å². The number of thiophene rings is 1. The number of primary amides is 1. The van der Waals surface area contributed by atoms with E-state index in [1.165, 1.54) is 28.6 Å². The highest BCUT2D eigenvalue weighted by Crippen LogP contribution is 2.42. The molecule has 0 unspecified atom stereocenters. The molecule has 0 aromatic carbocycles. The number of rotatable bonds is 4. The summed E-state index contributed by atoms with van der Waals surface area (Å²) in [6, 6.07) is 1.40. The Kier molecular flexibility index (Phi) is 5.86. The highest BCUT2D eigenvalue weighted by Gasteiger charge is 2.30. The number of nitrogens with two attached hydrogens (primary N) is 1. The lowest BCUT2D eigenvalue weighted by Gasteiger charge is -2.33. The van der Waals surface area contributed by atoms with Gasteiger partial charge in [-0.15, -0.1) is 21.5 Å². The molecule has 152 valence electrons. The number of urea groups is 1. The van der Waals surface area contributed by atoms with Crippen molar-refractivity contribution in [2.24, 2.45) is 24.1 Å². The lowest BCUT2D eigenvalue weighted by molar-refractivity contribution is -0.119. The van der Waals surface area contributed by atoms with E-state index in [4.69, 9.17) is 5.73 Å². The number of aromatic nitrogens is 3. The number of carbonyl (C=O) groups is 2. The molecule has 7 nitrogen and oxygen atoms in total. The van der Waals surface area contributed by atoms with Gasteiger partial charge in [0.1, 0.15) is 0 Å². The summed E-state index contributed by atoms with van der Waals surface area (Å²) < 4.78 is 1.90. The van der Waals surface area contributed by atoms with E-state index in [1.807, 2.05) is 11.6 Å². The smallest absolute Gasteiger partial charge is 0.318 e. The first-order valence-corrected chi connectivity index (χ1v) is 11.0. The van der Waals surface area contributed by atoms with Crippen molar-refractivity contribution in [3.63, 3.8) is 0 Å². The molecule has 2 aromatic rings. The van der Waals surface area contributed by atoms with Crippen molar-refractivity contribution in [1.82, 2.24) is 20.1 Å². The Morgan fingerprint density at radius 2 is 2.11 bits per heavy atom. The van der Waals surface area contributed by atoms with Gasteiger partial charge in [0, 0.05) is 11.9 Å². The van der Waals surface area contributed by atoms with Crippen LogP contribution in [0.4, 0.5) is 4.79 Å². The van der Waals surface area contributed by atoms with Crippen molar-refractivity contribution < 1.29 is 9.59 Å². The number of nitrogens with one attached hydrogen (secondary N) is 1. The van der Waals surface area contributed by atoms with Crippen LogP contribution >= 0.6 is 23.1 Å². The van der Waals surface area contributed by atoms with Gasteiger partial charge in [0.05, 0.1) is 10.1 Å². The van der Waals surface area contributed by atoms with Crippen molar-refractivity contribution in [3.05, 3.63) is 16.5 Å². The molecule has 0 aliphatic heterocycles. The normalized spacial score (nSPS) is 17.8. The number of fused-ring (bicyclic) bond motifs is 1. The van der Waals surface area contributed by atoms with Gasteiger partial charge in [-0.3, -0.25) is 10.1 Å². The van der Waals surface area contributed by atoms with Crippen molar-refractivity contribution in [1.29, 1.82) is 0 Å².